The van der Waals surface area contributed by atoms with E-state index in [-0.39, 0.29) is 17.9 Å². The van der Waals surface area contributed by atoms with Gasteiger partial charge in [0.15, 0.2) is 10.8 Å². The van der Waals surface area contributed by atoms with Crippen molar-refractivity contribution in [1.82, 2.24) is 20.1 Å². The Balaban J connectivity index is 1.26. The van der Waals surface area contributed by atoms with Crippen molar-refractivity contribution in [3.05, 3.63) is 65.9 Å². The number of nitrogens with one attached hydrogen (secondary N) is 1. The number of aromatic nitrogens is 3. The lowest BCUT2D eigenvalue weighted by atomic mass is 9.94. The zero-order chi connectivity index (χ0) is 24.4. The van der Waals surface area contributed by atoms with Crippen molar-refractivity contribution in [2.75, 3.05) is 25.1 Å². The Morgan fingerprint density at radius 2 is 1.86 bits per heavy atom. The number of nitrogens with zero attached hydrogens (tertiary/aromatic N) is 4. The highest BCUT2D eigenvalue weighted by Crippen LogP contribution is 2.34. The van der Waals surface area contributed by atoms with Gasteiger partial charge in [0.25, 0.3) is 0 Å². The molecule has 7 nitrogen and oxygen atoms in total. The summed E-state index contributed by atoms with van der Waals surface area (Å²) in [5.41, 5.74) is 3.91. The third-order valence-corrected chi connectivity index (χ3v) is 7.95. The predicted molar refractivity (Wildman–Crippen MR) is 141 cm³/mol. The van der Waals surface area contributed by atoms with E-state index < -0.39 is 0 Å². The summed E-state index contributed by atoms with van der Waals surface area (Å²) in [6, 6.07) is 18.1. The minimum atomic E-state index is -0.0950. The van der Waals surface area contributed by atoms with E-state index in [0.29, 0.717) is 0 Å². The maximum Gasteiger partial charge on any atom is 0.227 e. The molecule has 2 aromatic carbocycles. The van der Waals surface area contributed by atoms with Crippen LogP contribution in [0.25, 0.3) is 16.0 Å². The number of anilines is 1. The van der Waals surface area contributed by atoms with Gasteiger partial charge in [-0.2, -0.15) is 10.1 Å². The second-order valence-electron chi connectivity index (χ2n) is 8.99. The van der Waals surface area contributed by atoms with Crippen molar-refractivity contribution in [2.45, 2.75) is 45.1 Å². The molecule has 35 heavy (non-hydrogen) atoms. The minimum Gasteiger partial charge on any atom is -0.497 e. The number of amides is 1. The number of hydrogen-bond acceptors (Lipinski definition) is 6. The molecule has 8 heteroatoms. The second-order valence-corrected chi connectivity index (χ2v) is 9.96. The fraction of sp³-hybridized carbons (Fsp3) is 0.370. The van der Waals surface area contributed by atoms with Crippen molar-refractivity contribution in [1.29, 1.82) is 0 Å². The summed E-state index contributed by atoms with van der Waals surface area (Å²) < 4.78 is 8.30. The molecule has 1 aliphatic rings. The number of benzene rings is 2. The van der Waals surface area contributed by atoms with Crippen molar-refractivity contribution >= 4 is 32.7 Å². The van der Waals surface area contributed by atoms with E-state index in [9.17, 15) is 4.79 Å². The summed E-state index contributed by atoms with van der Waals surface area (Å²) in [4.78, 5) is 20.3. The van der Waals surface area contributed by atoms with Crippen LogP contribution in [0.5, 0.6) is 5.75 Å². The normalized spacial score (nSPS) is 15.3. The molecule has 1 amide bonds. The summed E-state index contributed by atoms with van der Waals surface area (Å²) in [5, 5.41) is 9.03. The summed E-state index contributed by atoms with van der Waals surface area (Å²) in [6.07, 6.45) is 2.62. The van der Waals surface area contributed by atoms with Crippen molar-refractivity contribution < 1.29 is 9.53 Å². The van der Waals surface area contributed by atoms with Gasteiger partial charge >= 0.3 is 0 Å². The summed E-state index contributed by atoms with van der Waals surface area (Å²) >= 11 is 1.69. The van der Waals surface area contributed by atoms with E-state index in [1.165, 1.54) is 0 Å². The molecular weight excluding hydrogens is 458 g/mol. The van der Waals surface area contributed by atoms with Crippen LogP contribution >= 0.6 is 11.3 Å². The zero-order valence-corrected chi connectivity index (χ0v) is 21.2. The molecule has 2 aromatic heterocycles. The molecule has 182 valence electrons. The van der Waals surface area contributed by atoms with E-state index in [0.717, 1.165) is 70.5 Å². The Bertz CT molecular complexity index is 1290. The van der Waals surface area contributed by atoms with Gasteiger partial charge in [-0.3, -0.25) is 4.79 Å². The van der Waals surface area contributed by atoms with Crippen LogP contribution in [0.3, 0.4) is 0 Å². The molecule has 1 saturated heterocycles. The highest BCUT2D eigenvalue weighted by atomic mass is 32.1. The standard InChI is InChI=1S/C27H31N5O2S/c1-4-23(19-8-6-5-7-9-19)26(33)28-20-14-16-31(17-15-20)27-29-25-24(35-27)18(2)30-32(25)21-10-12-22(34-3)13-11-21/h5-13,20,23H,4,14-17H2,1-3H3,(H,28,33). The number of thiazole rings is 1. The molecule has 3 heterocycles. The molecule has 1 fully saturated rings. The van der Waals surface area contributed by atoms with Crippen LogP contribution in [-0.4, -0.2) is 46.9 Å². The maximum atomic E-state index is 13.0. The molecule has 0 radical (unpaired) electrons. The van der Waals surface area contributed by atoms with Gasteiger partial charge < -0.3 is 15.0 Å². The Morgan fingerprint density at radius 3 is 2.51 bits per heavy atom. The Morgan fingerprint density at radius 1 is 1.14 bits per heavy atom. The average Bonchev–Trinajstić information content (AvgIpc) is 3.46. The third kappa shape index (κ3) is 4.75. The maximum absolute atomic E-state index is 13.0. The van der Waals surface area contributed by atoms with Gasteiger partial charge in [0.2, 0.25) is 5.91 Å². The molecule has 5 rings (SSSR count). The first kappa shape index (κ1) is 23.4. The first-order chi connectivity index (χ1) is 17.1. The molecular formula is C27H31N5O2S. The van der Waals surface area contributed by atoms with Gasteiger partial charge in [0, 0.05) is 19.1 Å². The van der Waals surface area contributed by atoms with Gasteiger partial charge in [-0.15, -0.1) is 0 Å². The van der Waals surface area contributed by atoms with Crippen LogP contribution in [0.15, 0.2) is 54.6 Å². The van der Waals surface area contributed by atoms with Gasteiger partial charge in [0.1, 0.15) is 5.75 Å². The molecule has 4 aromatic rings. The first-order valence-electron chi connectivity index (χ1n) is 12.2. The predicted octanol–water partition coefficient (Wildman–Crippen LogP) is 5.08. The second kappa shape index (κ2) is 10.1. The van der Waals surface area contributed by atoms with Crippen molar-refractivity contribution in [3.8, 4) is 11.4 Å². The quantitative estimate of drug-likeness (QED) is 0.392. The lowest BCUT2D eigenvalue weighted by Gasteiger charge is -2.33. The number of fused-ring (bicyclic) bond motifs is 1. The number of carbonyl (C=O) groups excluding carboxylic acids is 1. The number of rotatable bonds is 7. The van der Waals surface area contributed by atoms with Gasteiger partial charge in [-0.1, -0.05) is 48.6 Å². The van der Waals surface area contributed by atoms with E-state index in [2.05, 4.69) is 17.1 Å². The van der Waals surface area contributed by atoms with Crippen molar-refractivity contribution in [2.24, 2.45) is 0 Å². The van der Waals surface area contributed by atoms with E-state index in [1.54, 1.807) is 18.4 Å². The first-order valence-corrected chi connectivity index (χ1v) is 13.0. The van der Waals surface area contributed by atoms with Crippen LogP contribution in [0.2, 0.25) is 0 Å². The molecule has 0 aliphatic carbocycles. The van der Waals surface area contributed by atoms with E-state index in [1.807, 2.05) is 66.2 Å². The minimum absolute atomic E-state index is 0.0950. The number of hydrogen-bond donors (Lipinski definition) is 1. The lowest BCUT2D eigenvalue weighted by molar-refractivity contribution is -0.123. The van der Waals surface area contributed by atoms with Crippen LogP contribution < -0.4 is 15.0 Å². The Kier molecular flexibility index (Phi) is 6.72. The molecule has 1 unspecified atom stereocenters. The van der Waals surface area contributed by atoms with Gasteiger partial charge in [0.05, 0.1) is 29.1 Å². The molecule has 1 aliphatic heterocycles. The largest absolute Gasteiger partial charge is 0.497 e. The molecule has 1 atom stereocenters. The number of carbonyl (C=O) groups is 1. The van der Waals surface area contributed by atoms with Gasteiger partial charge in [-0.25, -0.2) is 4.68 Å². The smallest absolute Gasteiger partial charge is 0.227 e. The van der Waals surface area contributed by atoms with Crippen LogP contribution in [0, 0.1) is 6.92 Å². The van der Waals surface area contributed by atoms with Crippen LogP contribution in [0.1, 0.15) is 43.4 Å². The SMILES string of the molecule is CCC(C(=O)NC1CCN(c2nc3c(s2)c(C)nn3-c2ccc(OC)cc2)CC1)c1ccccc1. The van der Waals surface area contributed by atoms with Crippen molar-refractivity contribution in [3.63, 3.8) is 0 Å². The number of piperidine rings is 1. The molecule has 1 N–H and O–H groups in total. The highest BCUT2D eigenvalue weighted by molar-refractivity contribution is 7.22. The Hall–Kier alpha value is -3.39. The summed E-state index contributed by atoms with van der Waals surface area (Å²) in [7, 11) is 1.66. The number of aryl methyl sites for hydroxylation is 1. The fourth-order valence-corrected chi connectivity index (χ4v) is 5.77. The van der Waals surface area contributed by atoms with Crippen LogP contribution in [-0.2, 0) is 4.79 Å². The molecule has 0 bridgehead atoms. The topological polar surface area (TPSA) is 72.3 Å². The van der Waals surface area contributed by atoms with E-state index in [4.69, 9.17) is 14.8 Å². The molecule has 0 saturated carbocycles. The lowest BCUT2D eigenvalue weighted by Crippen LogP contribution is -2.46. The Labute approximate surface area is 209 Å². The third-order valence-electron chi connectivity index (χ3n) is 6.73. The highest BCUT2D eigenvalue weighted by Gasteiger charge is 2.27. The molecule has 0 spiro atoms. The van der Waals surface area contributed by atoms with Crippen LogP contribution in [0.4, 0.5) is 5.13 Å². The number of methoxy groups -OCH3 is 1. The zero-order valence-electron chi connectivity index (χ0n) is 20.4. The summed E-state index contributed by atoms with van der Waals surface area (Å²) in [6.45, 7) is 5.85. The van der Waals surface area contributed by atoms with Gasteiger partial charge in [-0.05, 0) is 56.0 Å². The number of ether oxygens (including phenoxy) is 1. The summed E-state index contributed by atoms with van der Waals surface area (Å²) in [5.74, 6) is 0.853. The fourth-order valence-electron chi connectivity index (χ4n) is 4.74. The average molecular weight is 490 g/mol. The van der Waals surface area contributed by atoms with E-state index >= 15 is 0 Å². The monoisotopic (exact) mass is 489 g/mol.